The first-order chi connectivity index (χ1) is 15.8. The van der Waals surface area contributed by atoms with E-state index in [9.17, 15) is 18.0 Å². The molecular formula is C24H40F3N3O3. The summed E-state index contributed by atoms with van der Waals surface area (Å²) in [5.41, 5.74) is 6.22. The van der Waals surface area contributed by atoms with Crippen LogP contribution in [-0.4, -0.2) is 53.8 Å². The van der Waals surface area contributed by atoms with E-state index in [0.29, 0.717) is 30.6 Å². The van der Waals surface area contributed by atoms with Gasteiger partial charge in [-0.2, -0.15) is 13.2 Å². The molecule has 3 N–H and O–H groups in total. The molecule has 1 aromatic rings. The fourth-order valence-corrected chi connectivity index (χ4v) is 3.96. The van der Waals surface area contributed by atoms with Crippen LogP contribution in [0.5, 0.6) is 0 Å². The Hall–Kier alpha value is -1.71. The summed E-state index contributed by atoms with van der Waals surface area (Å²) < 4.78 is 43.4. The quantitative estimate of drug-likeness (QED) is 0.631. The average molecular weight is 476 g/mol. The highest BCUT2D eigenvalue weighted by molar-refractivity contribution is 5.79. The van der Waals surface area contributed by atoms with Crippen molar-refractivity contribution < 1.29 is 27.8 Å². The van der Waals surface area contributed by atoms with Crippen LogP contribution in [0.15, 0.2) is 12.3 Å². The molecule has 0 radical (unpaired) electrons. The summed E-state index contributed by atoms with van der Waals surface area (Å²) in [5, 5.41) is 7.00. The fraction of sp³-hybridized carbons (Fsp3) is 0.750. The number of fused-ring (bicyclic) bond motifs is 1. The minimum absolute atomic E-state index is 0.0102. The van der Waals surface area contributed by atoms with Crippen molar-refractivity contribution in [3.8, 4) is 0 Å². The second kappa shape index (κ2) is 15.2. The minimum atomic E-state index is -4.41. The molecule has 2 fully saturated rings. The van der Waals surface area contributed by atoms with Gasteiger partial charge in [-0.3, -0.25) is 9.78 Å². The highest BCUT2D eigenvalue weighted by Crippen LogP contribution is 2.32. The van der Waals surface area contributed by atoms with Crippen molar-refractivity contribution in [2.24, 2.45) is 11.7 Å². The minimum Gasteiger partial charge on any atom is -0.400 e. The molecule has 33 heavy (non-hydrogen) atoms. The number of hydrogen-bond donors (Lipinski definition) is 2. The van der Waals surface area contributed by atoms with E-state index in [0.717, 1.165) is 45.4 Å². The number of ether oxygens (including phenoxy) is 1. The van der Waals surface area contributed by atoms with Gasteiger partial charge in [0, 0.05) is 63.7 Å². The van der Waals surface area contributed by atoms with Gasteiger partial charge in [0.25, 0.3) is 0 Å². The highest BCUT2D eigenvalue weighted by Gasteiger charge is 2.35. The SMILES string of the molecule is C1CCOCC1.CCC.CO.NC1CCC(C(=O)N2CCc3ncc(C(F)(F)F)cc3C2)C1. The lowest BCUT2D eigenvalue weighted by atomic mass is 10.00. The summed E-state index contributed by atoms with van der Waals surface area (Å²) in [5.74, 6) is -0.0775. The predicted molar refractivity (Wildman–Crippen MR) is 122 cm³/mol. The van der Waals surface area contributed by atoms with Crippen LogP contribution in [0, 0.1) is 5.92 Å². The molecule has 2 unspecified atom stereocenters. The van der Waals surface area contributed by atoms with Crippen LogP contribution in [0.1, 0.15) is 75.6 Å². The maximum atomic E-state index is 12.8. The number of hydrogen-bond acceptors (Lipinski definition) is 5. The van der Waals surface area contributed by atoms with Crippen molar-refractivity contribution in [2.45, 2.75) is 84.0 Å². The van der Waals surface area contributed by atoms with E-state index in [4.69, 9.17) is 15.6 Å². The predicted octanol–water partition coefficient (Wildman–Crippen LogP) is 4.32. The number of rotatable bonds is 1. The molecule has 9 heteroatoms. The fourth-order valence-electron chi connectivity index (χ4n) is 3.96. The van der Waals surface area contributed by atoms with Gasteiger partial charge in [0.2, 0.25) is 5.91 Å². The molecule has 1 aromatic heterocycles. The Kier molecular flexibility index (Phi) is 13.5. The topological polar surface area (TPSA) is 88.7 Å². The van der Waals surface area contributed by atoms with Gasteiger partial charge < -0.3 is 20.5 Å². The number of nitrogens with two attached hydrogens (primary N) is 1. The average Bonchev–Trinajstić information content (AvgIpc) is 3.27. The summed E-state index contributed by atoms with van der Waals surface area (Å²) in [4.78, 5) is 18.0. The Morgan fingerprint density at radius 1 is 1.21 bits per heavy atom. The Bertz CT molecular complexity index is 686. The van der Waals surface area contributed by atoms with Crippen molar-refractivity contribution in [1.82, 2.24) is 9.88 Å². The van der Waals surface area contributed by atoms with E-state index in [1.165, 1.54) is 25.7 Å². The maximum absolute atomic E-state index is 12.8. The number of halogens is 3. The molecule has 3 aliphatic rings. The molecule has 3 heterocycles. The number of carbonyl (C=O) groups excluding carboxylic acids is 1. The monoisotopic (exact) mass is 475 g/mol. The lowest BCUT2D eigenvalue weighted by Crippen LogP contribution is -2.40. The molecule has 190 valence electrons. The Labute approximate surface area is 195 Å². The van der Waals surface area contributed by atoms with E-state index in [-0.39, 0.29) is 24.4 Å². The first kappa shape index (κ1) is 29.3. The molecule has 2 atom stereocenters. The first-order valence-corrected chi connectivity index (χ1v) is 11.9. The van der Waals surface area contributed by atoms with E-state index >= 15 is 0 Å². The number of nitrogens with zero attached hydrogens (tertiary/aromatic N) is 2. The summed E-state index contributed by atoms with van der Waals surface area (Å²) in [6, 6.07) is 1.17. The Morgan fingerprint density at radius 3 is 2.30 bits per heavy atom. The van der Waals surface area contributed by atoms with Crippen molar-refractivity contribution in [3.63, 3.8) is 0 Å². The molecule has 4 rings (SSSR count). The lowest BCUT2D eigenvalue weighted by molar-refractivity contribution is -0.137. The lowest BCUT2D eigenvalue weighted by Gasteiger charge is -2.30. The number of alkyl halides is 3. The van der Waals surface area contributed by atoms with Crippen LogP contribution in [0.25, 0.3) is 0 Å². The van der Waals surface area contributed by atoms with Gasteiger partial charge in [-0.15, -0.1) is 0 Å². The number of aliphatic hydroxyl groups is 1. The molecule has 0 bridgehead atoms. The van der Waals surface area contributed by atoms with Gasteiger partial charge in [0.15, 0.2) is 0 Å². The number of aromatic nitrogens is 1. The van der Waals surface area contributed by atoms with Gasteiger partial charge in [-0.25, -0.2) is 0 Å². The highest BCUT2D eigenvalue weighted by atomic mass is 19.4. The van der Waals surface area contributed by atoms with E-state index in [2.05, 4.69) is 18.8 Å². The molecule has 1 saturated heterocycles. The molecule has 2 aliphatic heterocycles. The van der Waals surface area contributed by atoms with Crippen LogP contribution in [0.4, 0.5) is 13.2 Å². The summed E-state index contributed by atoms with van der Waals surface area (Å²) in [7, 11) is 1.00. The summed E-state index contributed by atoms with van der Waals surface area (Å²) in [6.45, 7) is 6.97. The largest absolute Gasteiger partial charge is 0.417 e. The second-order valence-corrected chi connectivity index (χ2v) is 8.49. The number of amides is 1. The zero-order valence-corrected chi connectivity index (χ0v) is 20.2. The van der Waals surface area contributed by atoms with Crippen LogP contribution in [-0.2, 0) is 28.7 Å². The molecule has 6 nitrogen and oxygen atoms in total. The normalized spacial score (nSPS) is 21.9. The van der Waals surface area contributed by atoms with Crippen molar-refractivity contribution in [3.05, 3.63) is 29.1 Å². The van der Waals surface area contributed by atoms with E-state index in [1.807, 2.05) is 0 Å². The zero-order chi connectivity index (χ0) is 24.9. The van der Waals surface area contributed by atoms with Crippen LogP contribution >= 0.6 is 0 Å². The van der Waals surface area contributed by atoms with Gasteiger partial charge in [-0.1, -0.05) is 20.3 Å². The summed E-state index contributed by atoms with van der Waals surface area (Å²) >= 11 is 0. The molecule has 1 amide bonds. The molecule has 0 spiro atoms. The van der Waals surface area contributed by atoms with Gasteiger partial charge in [-0.05, 0) is 50.2 Å². The van der Waals surface area contributed by atoms with Crippen LogP contribution in [0.3, 0.4) is 0 Å². The third-order valence-corrected chi connectivity index (χ3v) is 5.58. The first-order valence-electron chi connectivity index (χ1n) is 11.9. The summed E-state index contributed by atoms with van der Waals surface area (Å²) in [6.07, 6.45) is 4.41. The van der Waals surface area contributed by atoms with Gasteiger partial charge in [0.05, 0.1) is 5.56 Å². The molecule has 0 aromatic carbocycles. The van der Waals surface area contributed by atoms with Gasteiger partial charge >= 0.3 is 6.18 Å². The van der Waals surface area contributed by atoms with Crippen molar-refractivity contribution in [1.29, 1.82) is 0 Å². The van der Waals surface area contributed by atoms with Crippen molar-refractivity contribution >= 4 is 5.91 Å². The zero-order valence-electron chi connectivity index (χ0n) is 20.2. The van der Waals surface area contributed by atoms with E-state index < -0.39 is 11.7 Å². The van der Waals surface area contributed by atoms with Crippen LogP contribution < -0.4 is 5.73 Å². The third kappa shape index (κ3) is 9.98. The van der Waals surface area contributed by atoms with Gasteiger partial charge in [0.1, 0.15) is 0 Å². The molecule has 1 aliphatic carbocycles. The molecule has 1 saturated carbocycles. The number of aliphatic hydroxyl groups excluding tert-OH is 1. The third-order valence-electron chi connectivity index (χ3n) is 5.58. The standard InChI is InChI=1S/C15H18F3N3O.C5H10O.C3H8.CH4O/c16-15(17,18)11-5-10-8-21(4-3-13(10)20-7-11)14(22)9-1-2-12(19)6-9;1-2-4-6-5-3-1;1-3-2;1-2/h5,7,9,12H,1-4,6,8,19H2;1-5H2;3H2,1-2H3;2H,1H3. The number of carbonyl (C=O) groups is 1. The Balaban J connectivity index is 0.000000413. The Morgan fingerprint density at radius 2 is 1.85 bits per heavy atom. The number of pyridine rings is 1. The maximum Gasteiger partial charge on any atom is 0.417 e. The molecular weight excluding hydrogens is 435 g/mol. The van der Waals surface area contributed by atoms with E-state index in [1.54, 1.807) is 4.90 Å². The second-order valence-electron chi connectivity index (χ2n) is 8.49. The van der Waals surface area contributed by atoms with Crippen LogP contribution in [0.2, 0.25) is 0 Å². The van der Waals surface area contributed by atoms with Crippen molar-refractivity contribution in [2.75, 3.05) is 26.9 Å². The smallest absolute Gasteiger partial charge is 0.400 e.